The lowest BCUT2D eigenvalue weighted by Crippen LogP contribution is -2.47. The van der Waals surface area contributed by atoms with Gasteiger partial charge in [-0.1, -0.05) is 29.8 Å². The van der Waals surface area contributed by atoms with Crippen molar-refractivity contribution in [3.05, 3.63) is 35.4 Å². The molecule has 19 heavy (non-hydrogen) atoms. The number of nitrogens with one attached hydrogen (secondary N) is 1. The first-order chi connectivity index (χ1) is 8.93. The summed E-state index contributed by atoms with van der Waals surface area (Å²) in [5, 5.41) is 3.31. The highest BCUT2D eigenvalue weighted by molar-refractivity contribution is 5.87. The van der Waals surface area contributed by atoms with Crippen molar-refractivity contribution in [3.63, 3.8) is 0 Å². The smallest absolute Gasteiger partial charge is 0.232 e. The lowest BCUT2D eigenvalue weighted by atomic mass is 9.82. The van der Waals surface area contributed by atoms with Gasteiger partial charge in [0.05, 0.1) is 5.41 Å². The predicted octanol–water partition coefficient (Wildman–Crippen LogP) is 2.09. The van der Waals surface area contributed by atoms with E-state index in [4.69, 9.17) is 0 Å². The lowest BCUT2D eigenvalue weighted by molar-refractivity contribution is -0.136. The van der Waals surface area contributed by atoms with E-state index in [0.717, 1.165) is 25.1 Å². The van der Waals surface area contributed by atoms with Crippen molar-refractivity contribution in [2.45, 2.75) is 38.6 Å². The highest BCUT2D eigenvalue weighted by Gasteiger charge is 2.35. The molecule has 2 rings (SSSR count). The van der Waals surface area contributed by atoms with Crippen LogP contribution in [0.25, 0.3) is 0 Å². The van der Waals surface area contributed by atoms with Gasteiger partial charge in [-0.25, -0.2) is 0 Å². The van der Waals surface area contributed by atoms with Crippen LogP contribution in [0, 0.1) is 6.92 Å². The Hall–Kier alpha value is -1.35. The van der Waals surface area contributed by atoms with Gasteiger partial charge in [0, 0.05) is 19.6 Å². The quantitative estimate of drug-likeness (QED) is 0.902. The van der Waals surface area contributed by atoms with E-state index in [9.17, 15) is 4.79 Å². The summed E-state index contributed by atoms with van der Waals surface area (Å²) in [5.74, 6) is 0.199. The summed E-state index contributed by atoms with van der Waals surface area (Å²) >= 11 is 0. The van der Waals surface area contributed by atoms with Gasteiger partial charge in [0.2, 0.25) is 5.91 Å². The predicted molar refractivity (Wildman–Crippen MR) is 78.2 cm³/mol. The van der Waals surface area contributed by atoms with Crippen LogP contribution in [-0.4, -0.2) is 37.0 Å². The Morgan fingerprint density at radius 3 is 2.47 bits per heavy atom. The summed E-state index contributed by atoms with van der Waals surface area (Å²) < 4.78 is 0. The van der Waals surface area contributed by atoms with Gasteiger partial charge in [-0.3, -0.25) is 4.79 Å². The fourth-order valence-corrected chi connectivity index (χ4v) is 2.67. The molecule has 0 spiro atoms. The zero-order valence-electron chi connectivity index (χ0n) is 12.4. The second kappa shape index (κ2) is 5.33. The molecule has 1 unspecified atom stereocenters. The summed E-state index contributed by atoms with van der Waals surface area (Å²) in [6, 6.07) is 8.60. The van der Waals surface area contributed by atoms with Gasteiger partial charge in [-0.15, -0.1) is 0 Å². The summed E-state index contributed by atoms with van der Waals surface area (Å²) in [6.45, 7) is 8.01. The zero-order valence-corrected chi connectivity index (χ0v) is 12.4. The average Bonchev–Trinajstić information content (AvgIpc) is 2.91. The molecule has 0 aromatic heterocycles. The molecule has 1 atom stereocenters. The second-order valence-corrected chi connectivity index (χ2v) is 6.05. The molecule has 0 bridgehead atoms. The topological polar surface area (TPSA) is 32.3 Å². The van der Waals surface area contributed by atoms with E-state index in [0.29, 0.717) is 6.04 Å². The Balaban J connectivity index is 2.18. The van der Waals surface area contributed by atoms with Crippen molar-refractivity contribution < 1.29 is 4.79 Å². The number of carbonyl (C=O) groups excluding carboxylic acids is 1. The van der Waals surface area contributed by atoms with Crippen LogP contribution in [0.15, 0.2) is 24.3 Å². The molecule has 1 heterocycles. The summed E-state index contributed by atoms with van der Waals surface area (Å²) in [7, 11) is 1.93. The van der Waals surface area contributed by atoms with E-state index in [1.165, 1.54) is 5.56 Å². The van der Waals surface area contributed by atoms with Gasteiger partial charge in [0.15, 0.2) is 0 Å². The Labute approximate surface area is 116 Å². The number of hydrogen-bond acceptors (Lipinski definition) is 2. The molecule has 1 aromatic rings. The van der Waals surface area contributed by atoms with E-state index in [2.05, 4.69) is 36.5 Å². The number of benzene rings is 1. The molecule has 1 aliphatic rings. The minimum absolute atomic E-state index is 0.199. The number of nitrogens with zero attached hydrogens (tertiary/aromatic N) is 1. The Morgan fingerprint density at radius 1 is 1.32 bits per heavy atom. The van der Waals surface area contributed by atoms with Gasteiger partial charge in [0.1, 0.15) is 0 Å². The monoisotopic (exact) mass is 260 g/mol. The Bertz CT molecular complexity index is 444. The fourth-order valence-electron chi connectivity index (χ4n) is 2.67. The maximum atomic E-state index is 12.7. The number of carbonyl (C=O) groups is 1. The SMILES string of the molecule is Cc1ccc(C(C)(C)C(=O)N(C)C2CCNC2)cc1. The van der Waals surface area contributed by atoms with E-state index in [1.54, 1.807) is 0 Å². The van der Waals surface area contributed by atoms with Gasteiger partial charge >= 0.3 is 0 Å². The van der Waals surface area contributed by atoms with Crippen LogP contribution in [-0.2, 0) is 10.2 Å². The van der Waals surface area contributed by atoms with Crippen LogP contribution in [0.4, 0.5) is 0 Å². The molecular formula is C16H24N2O. The number of likely N-dealkylation sites (N-methyl/N-ethyl adjacent to an activating group) is 1. The Kier molecular flexibility index (Phi) is 3.95. The van der Waals surface area contributed by atoms with E-state index >= 15 is 0 Å². The minimum atomic E-state index is -0.467. The molecule has 1 saturated heterocycles. The van der Waals surface area contributed by atoms with Crippen molar-refractivity contribution in [2.75, 3.05) is 20.1 Å². The highest BCUT2D eigenvalue weighted by atomic mass is 16.2. The summed E-state index contributed by atoms with van der Waals surface area (Å²) in [5.41, 5.74) is 1.84. The molecule has 1 aliphatic heterocycles. The van der Waals surface area contributed by atoms with Crippen molar-refractivity contribution in [2.24, 2.45) is 0 Å². The largest absolute Gasteiger partial charge is 0.341 e. The molecule has 3 nitrogen and oxygen atoms in total. The van der Waals surface area contributed by atoms with E-state index in [-0.39, 0.29) is 5.91 Å². The van der Waals surface area contributed by atoms with Crippen LogP contribution in [0.5, 0.6) is 0 Å². The first kappa shape index (κ1) is 14.1. The first-order valence-electron chi connectivity index (χ1n) is 6.98. The van der Waals surface area contributed by atoms with E-state index < -0.39 is 5.41 Å². The third kappa shape index (κ3) is 2.81. The molecule has 1 N–H and O–H groups in total. The third-order valence-corrected chi connectivity index (χ3v) is 4.21. The van der Waals surface area contributed by atoms with Crippen molar-refractivity contribution in [3.8, 4) is 0 Å². The molecule has 1 fully saturated rings. The molecule has 0 saturated carbocycles. The maximum Gasteiger partial charge on any atom is 0.232 e. The summed E-state index contributed by atoms with van der Waals surface area (Å²) in [6.07, 6.45) is 1.05. The number of hydrogen-bond donors (Lipinski definition) is 1. The van der Waals surface area contributed by atoms with Crippen LogP contribution in [0.1, 0.15) is 31.4 Å². The number of rotatable bonds is 3. The normalized spacial score (nSPS) is 19.5. The first-order valence-corrected chi connectivity index (χ1v) is 6.98. The van der Waals surface area contributed by atoms with Gasteiger partial charge < -0.3 is 10.2 Å². The van der Waals surface area contributed by atoms with E-state index in [1.807, 2.05) is 25.8 Å². The molecule has 1 aromatic carbocycles. The number of amides is 1. The number of aryl methyl sites for hydroxylation is 1. The minimum Gasteiger partial charge on any atom is -0.341 e. The highest BCUT2D eigenvalue weighted by Crippen LogP contribution is 2.27. The fraction of sp³-hybridized carbons (Fsp3) is 0.562. The van der Waals surface area contributed by atoms with Crippen LogP contribution in [0.3, 0.4) is 0 Å². The van der Waals surface area contributed by atoms with Crippen LogP contribution < -0.4 is 5.32 Å². The standard InChI is InChI=1S/C16H24N2O/c1-12-5-7-13(8-6-12)16(2,3)15(19)18(4)14-9-10-17-11-14/h5-8,14,17H,9-11H2,1-4H3. The van der Waals surface area contributed by atoms with Crippen LogP contribution >= 0.6 is 0 Å². The molecule has 0 aliphatic carbocycles. The van der Waals surface area contributed by atoms with Crippen molar-refractivity contribution in [1.82, 2.24) is 10.2 Å². The van der Waals surface area contributed by atoms with Crippen molar-refractivity contribution >= 4 is 5.91 Å². The summed E-state index contributed by atoms with van der Waals surface area (Å²) in [4.78, 5) is 14.7. The molecule has 0 radical (unpaired) electrons. The van der Waals surface area contributed by atoms with Gasteiger partial charge in [-0.05, 0) is 39.3 Å². The Morgan fingerprint density at radius 2 is 1.95 bits per heavy atom. The zero-order chi connectivity index (χ0) is 14.0. The lowest BCUT2D eigenvalue weighted by Gasteiger charge is -2.33. The molecule has 1 amide bonds. The van der Waals surface area contributed by atoms with Crippen molar-refractivity contribution in [1.29, 1.82) is 0 Å². The average molecular weight is 260 g/mol. The van der Waals surface area contributed by atoms with Crippen LogP contribution in [0.2, 0.25) is 0 Å². The van der Waals surface area contributed by atoms with Gasteiger partial charge in [-0.2, -0.15) is 0 Å². The van der Waals surface area contributed by atoms with Gasteiger partial charge in [0.25, 0.3) is 0 Å². The third-order valence-electron chi connectivity index (χ3n) is 4.21. The molecular weight excluding hydrogens is 236 g/mol. The maximum absolute atomic E-state index is 12.7. The molecule has 3 heteroatoms. The second-order valence-electron chi connectivity index (χ2n) is 6.05. The molecule has 104 valence electrons.